The molecule has 0 radical (unpaired) electrons. The van der Waals surface area contributed by atoms with Gasteiger partial charge in [0.1, 0.15) is 24.2 Å². The topological polar surface area (TPSA) is 86.8 Å². The van der Waals surface area contributed by atoms with Crippen LogP contribution in [0.25, 0.3) is 0 Å². The van der Waals surface area contributed by atoms with E-state index in [0.717, 1.165) is 59.8 Å². The zero-order chi connectivity index (χ0) is 28.9. The Bertz CT molecular complexity index is 1420. The zero-order valence-corrected chi connectivity index (χ0v) is 23.3. The average molecular weight is 570 g/mol. The molecule has 3 aromatic rings. The van der Waals surface area contributed by atoms with Crippen LogP contribution in [-0.2, 0) is 26.2 Å². The molecule has 40 heavy (non-hydrogen) atoms. The summed E-state index contributed by atoms with van der Waals surface area (Å²) in [5, 5.41) is 3.00. The van der Waals surface area contributed by atoms with Gasteiger partial charge in [-0.25, -0.2) is 17.2 Å². The van der Waals surface area contributed by atoms with E-state index in [-0.39, 0.29) is 29.1 Å². The minimum Gasteiger partial charge on any atom is -0.352 e. The molecule has 1 N–H and O–H groups in total. The van der Waals surface area contributed by atoms with E-state index in [4.69, 9.17) is 0 Å². The van der Waals surface area contributed by atoms with Gasteiger partial charge in [0, 0.05) is 12.6 Å². The maximum atomic E-state index is 13.9. The fourth-order valence-electron chi connectivity index (χ4n) is 4.73. The quantitative estimate of drug-likeness (QED) is 0.375. The van der Waals surface area contributed by atoms with Crippen LogP contribution in [0.1, 0.15) is 43.7 Å². The number of carbonyl (C=O) groups excluding carboxylic acids is 2. The molecular weight excluding hydrogens is 536 g/mol. The third-order valence-corrected chi connectivity index (χ3v) is 8.93. The van der Waals surface area contributed by atoms with E-state index in [2.05, 4.69) is 5.32 Å². The molecule has 0 bridgehead atoms. The summed E-state index contributed by atoms with van der Waals surface area (Å²) in [5.41, 5.74) is 1.72. The first-order chi connectivity index (χ1) is 19.0. The molecule has 1 aliphatic rings. The number of aryl methyl sites for hydroxylation is 1. The van der Waals surface area contributed by atoms with Crippen molar-refractivity contribution in [3.05, 3.63) is 95.6 Å². The lowest BCUT2D eigenvalue weighted by Gasteiger charge is -2.32. The summed E-state index contributed by atoms with van der Waals surface area (Å²) in [6.45, 7) is 2.81. The van der Waals surface area contributed by atoms with Crippen LogP contribution in [0.5, 0.6) is 0 Å². The van der Waals surface area contributed by atoms with Crippen LogP contribution in [0.2, 0.25) is 0 Å². The number of halogens is 2. The number of sulfonamides is 1. The second kappa shape index (κ2) is 12.6. The van der Waals surface area contributed by atoms with E-state index in [0.29, 0.717) is 5.56 Å². The van der Waals surface area contributed by atoms with Gasteiger partial charge < -0.3 is 10.2 Å². The maximum absolute atomic E-state index is 13.9. The van der Waals surface area contributed by atoms with Gasteiger partial charge in [-0.1, -0.05) is 42.7 Å². The number of benzene rings is 3. The molecule has 0 unspecified atom stereocenters. The van der Waals surface area contributed by atoms with Crippen LogP contribution in [0.15, 0.2) is 77.7 Å². The predicted molar refractivity (Wildman–Crippen MR) is 149 cm³/mol. The Balaban J connectivity index is 1.67. The van der Waals surface area contributed by atoms with Crippen molar-refractivity contribution in [2.75, 3.05) is 10.8 Å². The standard InChI is InChI=1S/C30H33F2N3O4S/c1-21-7-15-27(16-8-21)35(40(38,39)28-17-13-25(32)14-18-28)20-29(36)34(19-23-9-11-24(31)12-10-23)22(2)30(37)33-26-5-3-4-6-26/h7-18,22,26H,3-6,19-20H2,1-2H3,(H,33,37)/t22-/m0/s1. The normalized spacial score (nSPS) is 14.5. The minimum absolute atomic E-state index is 0.0284. The zero-order valence-electron chi connectivity index (χ0n) is 22.5. The number of rotatable bonds is 10. The second-order valence-electron chi connectivity index (χ2n) is 10.1. The summed E-state index contributed by atoms with van der Waals surface area (Å²) >= 11 is 0. The van der Waals surface area contributed by atoms with Crippen molar-refractivity contribution in [1.82, 2.24) is 10.2 Å². The van der Waals surface area contributed by atoms with Crippen molar-refractivity contribution in [3.8, 4) is 0 Å². The van der Waals surface area contributed by atoms with Crippen LogP contribution in [-0.4, -0.2) is 43.8 Å². The summed E-state index contributed by atoms with van der Waals surface area (Å²) in [6.07, 6.45) is 3.76. The number of hydrogen-bond donors (Lipinski definition) is 1. The number of hydrogen-bond acceptors (Lipinski definition) is 4. The minimum atomic E-state index is -4.29. The van der Waals surface area contributed by atoms with Crippen LogP contribution in [0.3, 0.4) is 0 Å². The first-order valence-electron chi connectivity index (χ1n) is 13.2. The molecule has 2 amide bonds. The third kappa shape index (κ3) is 7.04. The molecule has 4 rings (SSSR count). The molecule has 7 nitrogen and oxygen atoms in total. The van der Waals surface area contributed by atoms with E-state index in [1.54, 1.807) is 31.2 Å². The van der Waals surface area contributed by atoms with E-state index in [1.165, 1.54) is 29.2 Å². The molecule has 0 spiro atoms. The number of nitrogens with one attached hydrogen (secondary N) is 1. The molecular formula is C30H33F2N3O4S. The highest BCUT2D eigenvalue weighted by Gasteiger charge is 2.33. The summed E-state index contributed by atoms with van der Waals surface area (Å²) in [5.74, 6) is -2.00. The Labute approximate surface area is 233 Å². The lowest BCUT2D eigenvalue weighted by molar-refractivity contribution is -0.139. The van der Waals surface area contributed by atoms with Gasteiger partial charge in [0.15, 0.2) is 0 Å². The maximum Gasteiger partial charge on any atom is 0.264 e. The van der Waals surface area contributed by atoms with Gasteiger partial charge in [-0.3, -0.25) is 13.9 Å². The van der Waals surface area contributed by atoms with Gasteiger partial charge in [-0.15, -0.1) is 0 Å². The van der Waals surface area contributed by atoms with Crippen molar-refractivity contribution < 1.29 is 26.8 Å². The van der Waals surface area contributed by atoms with E-state index < -0.39 is 40.2 Å². The van der Waals surface area contributed by atoms with Gasteiger partial charge in [-0.05, 0) is 80.8 Å². The van der Waals surface area contributed by atoms with Gasteiger partial charge in [0.25, 0.3) is 10.0 Å². The average Bonchev–Trinajstić information content (AvgIpc) is 3.44. The monoisotopic (exact) mass is 569 g/mol. The van der Waals surface area contributed by atoms with Gasteiger partial charge in [0.2, 0.25) is 11.8 Å². The highest BCUT2D eigenvalue weighted by molar-refractivity contribution is 7.92. The lowest BCUT2D eigenvalue weighted by atomic mass is 10.1. The molecule has 212 valence electrons. The third-order valence-electron chi connectivity index (χ3n) is 7.14. The molecule has 0 aromatic heterocycles. The van der Waals surface area contributed by atoms with E-state index >= 15 is 0 Å². The first kappa shape index (κ1) is 29.2. The van der Waals surface area contributed by atoms with Crippen molar-refractivity contribution in [2.45, 2.75) is 63.1 Å². The largest absolute Gasteiger partial charge is 0.352 e. The molecule has 0 saturated heterocycles. The first-order valence-corrected chi connectivity index (χ1v) is 14.7. The van der Waals surface area contributed by atoms with Crippen LogP contribution in [0.4, 0.5) is 14.5 Å². The molecule has 1 aliphatic carbocycles. The van der Waals surface area contributed by atoms with Crippen LogP contribution in [0, 0.1) is 18.6 Å². The second-order valence-corrected chi connectivity index (χ2v) is 12.0. The SMILES string of the molecule is Cc1ccc(N(CC(=O)N(Cc2ccc(F)cc2)[C@@H](C)C(=O)NC2CCCC2)S(=O)(=O)c2ccc(F)cc2)cc1. The summed E-state index contributed by atoms with van der Waals surface area (Å²) in [6, 6.07) is 15.7. The van der Waals surface area contributed by atoms with E-state index in [9.17, 15) is 26.8 Å². The Kier molecular flexibility index (Phi) is 9.19. The van der Waals surface area contributed by atoms with E-state index in [1.807, 2.05) is 6.92 Å². The number of amides is 2. The molecule has 0 heterocycles. The highest BCUT2D eigenvalue weighted by Crippen LogP contribution is 2.25. The van der Waals surface area contributed by atoms with Gasteiger partial charge in [0.05, 0.1) is 10.6 Å². The van der Waals surface area contributed by atoms with Crippen molar-refractivity contribution in [2.24, 2.45) is 0 Å². The van der Waals surface area contributed by atoms with Crippen LogP contribution >= 0.6 is 0 Å². The molecule has 0 aliphatic heterocycles. The smallest absolute Gasteiger partial charge is 0.264 e. The Morgan fingerprint density at radius 3 is 2.02 bits per heavy atom. The summed E-state index contributed by atoms with van der Waals surface area (Å²) < 4.78 is 55.5. The van der Waals surface area contributed by atoms with Gasteiger partial charge in [-0.2, -0.15) is 0 Å². The highest BCUT2D eigenvalue weighted by atomic mass is 32.2. The Morgan fingerprint density at radius 1 is 0.900 bits per heavy atom. The fraction of sp³-hybridized carbons (Fsp3) is 0.333. The summed E-state index contributed by atoms with van der Waals surface area (Å²) in [4.78, 5) is 28.2. The van der Waals surface area contributed by atoms with Crippen molar-refractivity contribution in [1.29, 1.82) is 0 Å². The fourth-order valence-corrected chi connectivity index (χ4v) is 6.15. The molecule has 10 heteroatoms. The number of anilines is 1. The Hall–Kier alpha value is -3.79. The number of nitrogens with zero attached hydrogens (tertiary/aromatic N) is 2. The Morgan fingerprint density at radius 2 is 1.45 bits per heavy atom. The summed E-state index contributed by atoms with van der Waals surface area (Å²) in [7, 11) is -4.29. The van der Waals surface area contributed by atoms with Crippen molar-refractivity contribution >= 4 is 27.5 Å². The predicted octanol–water partition coefficient (Wildman–Crippen LogP) is 4.94. The van der Waals surface area contributed by atoms with Crippen LogP contribution < -0.4 is 9.62 Å². The van der Waals surface area contributed by atoms with Gasteiger partial charge >= 0.3 is 0 Å². The molecule has 3 aromatic carbocycles. The number of carbonyl (C=O) groups is 2. The molecule has 1 atom stereocenters. The van der Waals surface area contributed by atoms with Crippen molar-refractivity contribution in [3.63, 3.8) is 0 Å². The lowest BCUT2D eigenvalue weighted by Crippen LogP contribution is -2.52. The molecule has 1 fully saturated rings. The molecule has 1 saturated carbocycles.